The fraction of sp³-hybridized carbons (Fsp3) is 0.708. The monoisotopic (exact) mass is 462 g/mol. The molecule has 2 aliphatic carbocycles. The molecule has 4 aliphatic rings. The predicted octanol–water partition coefficient (Wildman–Crippen LogP) is 2.31. The molecule has 0 amide bonds. The highest BCUT2D eigenvalue weighted by atomic mass is 16.6. The second-order valence-electron chi connectivity index (χ2n) is 10.0. The van der Waals surface area contributed by atoms with Gasteiger partial charge in [0.1, 0.15) is 23.6 Å². The number of hydrogen-bond donors (Lipinski definition) is 1. The van der Waals surface area contributed by atoms with Crippen molar-refractivity contribution in [2.45, 2.75) is 70.6 Å². The number of epoxide rings is 1. The zero-order valence-corrected chi connectivity index (χ0v) is 19.1. The molecule has 0 aromatic carbocycles. The molecular formula is C24H30O9. The molecule has 4 fully saturated rings. The lowest BCUT2D eigenvalue weighted by Crippen LogP contribution is -2.74. The number of hydrogen-bond acceptors (Lipinski definition) is 9. The van der Waals surface area contributed by atoms with Crippen molar-refractivity contribution in [1.82, 2.24) is 0 Å². The first kappa shape index (κ1) is 22.6. The first-order chi connectivity index (χ1) is 15.7. The molecule has 3 heterocycles. The van der Waals surface area contributed by atoms with Gasteiger partial charge in [0.25, 0.3) is 0 Å². The van der Waals surface area contributed by atoms with Crippen LogP contribution >= 0.6 is 0 Å². The van der Waals surface area contributed by atoms with Gasteiger partial charge in [0.05, 0.1) is 31.2 Å². The van der Waals surface area contributed by atoms with Crippen molar-refractivity contribution < 1.29 is 42.9 Å². The average molecular weight is 462 g/mol. The molecule has 1 N–H and O–H groups in total. The lowest BCUT2D eigenvalue weighted by molar-refractivity contribution is -0.322. The molecule has 9 heteroatoms. The summed E-state index contributed by atoms with van der Waals surface area (Å²) in [5.74, 6) is -1.37. The number of aliphatic hydroxyl groups is 1. The summed E-state index contributed by atoms with van der Waals surface area (Å²) in [6.07, 6.45) is 2.23. The molecule has 1 aromatic heterocycles. The van der Waals surface area contributed by atoms with Crippen LogP contribution in [0.3, 0.4) is 0 Å². The van der Waals surface area contributed by atoms with E-state index in [-0.39, 0.29) is 37.1 Å². The molecule has 2 saturated carbocycles. The van der Waals surface area contributed by atoms with Crippen LogP contribution in [0.1, 0.15) is 58.1 Å². The molecule has 1 aromatic rings. The summed E-state index contributed by atoms with van der Waals surface area (Å²) in [4.78, 5) is 37.5. The van der Waals surface area contributed by atoms with Crippen molar-refractivity contribution in [2.75, 3.05) is 13.2 Å². The lowest BCUT2D eigenvalue weighted by atomic mass is 9.41. The molecule has 180 valence electrons. The molecule has 8 atom stereocenters. The van der Waals surface area contributed by atoms with Gasteiger partial charge in [-0.2, -0.15) is 0 Å². The quantitative estimate of drug-likeness (QED) is 0.518. The van der Waals surface area contributed by atoms with E-state index in [1.54, 1.807) is 6.07 Å². The van der Waals surface area contributed by atoms with E-state index in [1.165, 1.54) is 26.4 Å². The Morgan fingerprint density at radius 1 is 1.24 bits per heavy atom. The van der Waals surface area contributed by atoms with Crippen LogP contribution < -0.4 is 0 Å². The van der Waals surface area contributed by atoms with Gasteiger partial charge in [0.2, 0.25) is 0 Å². The molecule has 5 rings (SSSR count). The third-order valence-corrected chi connectivity index (χ3v) is 8.60. The van der Waals surface area contributed by atoms with Crippen LogP contribution in [0.15, 0.2) is 23.0 Å². The third-order valence-electron chi connectivity index (χ3n) is 8.60. The Morgan fingerprint density at radius 2 is 2.00 bits per heavy atom. The third kappa shape index (κ3) is 3.05. The Morgan fingerprint density at radius 3 is 2.61 bits per heavy atom. The normalized spacial score (nSPS) is 42.4. The molecule has 0 radical (unpaired) electrons. The molecule has 9 nitrogen and oxygen atoms in total. The van der Waals surface area contributed by atoms with Crippen LogP contribution in [-0.2, 0) is 33.3 Å². The highest BCUT2D eigenvalue weighted by molar-refractivity contribution is 5.89. The van der Waals surface area contributed by atoms with E-state index in [0.717, 1.165) is 0 Å². The molecular weight excluding hydrogens is 432 g/mol. The fourth-order valence-corrected chi connectivity index (χ4v) is 7.14. The largest absolute Gasteiger partial charge is 0.472 e. The van der Waals surface area contributed by atoms with E-state index in [9.17, 15) is 19.5 Å². The van der Waals surface area contributed by atoms with Gasteiger partial charge in [0.15, 0.2) is 6.29 Å². The van der Waals surface area contributed by atoms with Crippen LogP contribution in [-0.4, -0.2) is 54.0 Å². The standard InChI is InChI=1S/C24H30O9/c1-13-8-19(27)23-11-30-21(28)22(13,9-17(32-14(2)25)16-6-7-29-10-16)18(23)4-5-20(33-15(3)26)24(23)12-31-24/h6-7,10,13,17-18,20-21,28H,4-5,8-9,11-12H2,1-3H3. The maximum absolute atomic E-state index is 13.7. The van der Waals surface area contributed by atoms with Gasteiger partial charge in [-0.25, -0.2) is 0 Å². The van der Waals surface area contributed by atoms with Crippen LogP contribution in [0.5, 0.6) is 0 Å². The Labute approximate surface area is 191 Å². The summed E-state index contributed by atoms with van der Waals surface area (Å²) in [7, 11) is 0. The van der Waals surface area contributed by atoms with Gasteiger partial charge in [-0.1, -0.05) is 6.92 Å². The summed E-state index contributed by atoms with van der Waals surface area (Å²) >= 11 is 0. The molecule has 2 saturated heterocycles. The summed E-state index contributed by atoms with van der Waals surface area (Å²) in [6.45, 7) is 4.94. The number of Topliss-reactive ketones (excluding diaryl/α,β-unsaturated/α-hetero) is 1. The second kappa shape index (κ2) is 7.65. The zero-order valence-electron chi connectivity index (χ0n) is 19.1. The van der Waals surface area contributed by atoms with Crippen LogP contribution in [0.25, 0.3) is 0 Å². The highest BCUT2D eigenvalue weighted by Gasteiger charge is 2.81. The summed E-state index contributed by atoms with van der Waals surface area (Å²) < 4.78 is 28.4. The van der Waals surface area contributed by atoms with Crippen molar-refractivity contribution in [2.24, 2.45) is 22.7 Å². The van der Waals surface area contributed by atoms with Gasteiger partial charge in [-0.15, -0.1) is 0 Å². The van der Waals surface area contributed by atoms with E-state index in [2.05, 4.69) is 0 Å². The minimum atomic E-state index is -1.15. The number of ketones is 1. The first-order valence-corrected chi connectivity index (χ1v) is 11.5. The van der Waals surface area contributed by atoms with Gasteiger partial charge >= 0.3 is 11.9 Å². The Hall–Kier alpha value is -2.23. The highest BCUT2D eigenvalue weighted by Crippen LogP contribution is 2.71. The molecule has 2 aliphatic heterocycles. The number of ether oxygens (including phenoxy) is 4. The summed E-state index contributed by atoms with van der Waals surface area (Å²) in [5.41, 5.74) is -2.17. The molecule has 33 heavy (non-hydrogen) atoms. The minimum absolute atomic E-state index is 0.00778. The van der Waals surface area contributed by atoms with Crippen LogP contribution in [0.2, 0.25) is 0 Å². The fourth-order valence-electron chi connectivity index (χ4n) is 7.14. The number of carbonyl (C=O) groups is 3. The van der Waals surface area contributed by atoms with Gasteiger partial charge in [-0.3, -0.25) is 14.4 Å². The van der Waals surface area contributed by atoms with Gasteiger partial charge in [0, 0.05) is 31.2 Å². The molecule has 2 bridgehead atoms. The van der Waals surface area contributed by atoms with Crippen LogP contribution in [0, 0.1) is 22.7 Å². The van der Waals surface area contributed by atoms with Crippen molar-refractivity contribution in [3.8, 4) is 0 Å². The zero-order chi connectivity index (χ0) is 23.6. The summed E-state index contributed by atoms with van der Waals surface area (Å²) in [6, 6.07) is 1.73. The Kier molecular flexibility index (Phi) is 5.23. The number of esters is 2. The second-order valence-corrected chi connectivity index (χ2v) is 10.0. The number of aliphatic hydroxyl groups excluding tert-OH is 1. The first-order valence-electron chi connectivity index (χ1n) is 11.5. The lowest BCUT2D eigenvalue weighted by Gasteiger charge is -2.65. The SMILES string of the molecule is CC(=O)OC(CC12C(C)CC(=O)C3(COC1O)C2CCC(OC(C)=O)C31CO1)c1ccoc1. The van der Waals surface area contributed by atoms with Crippen molar-refractivity contribution in [3.63, 3.8) is 0 Å². The van der Waals surface area contributed by atoms with Gasteiger partial charge < -0.3 is 28.5 Å². The van der Waals surface area contributed by atoms with Crippen molar-refractivity contribution >= 4 is 17.7 Å². The van der Waals surface area contributed by atoms with E-state index < -0.39 is 46.9 Å². The van der Waals surface area contributed by atoms with E-state index in [4.69, 9.17) is 23.4 Å². The minimum Gasteiger partial charge on any atom is -0.472 e. The predicted molar refractivity (Wildman–Crippen MR) is 110 cm³/mol. The smallest absolute Gasteiger partial charge is 0.303 e. The number of carbonyl (C=O) groups excluding carboxylic acids is 3. The van der Waals surface area contributed by atoms with E-state index >= 15 is 0 Å². The van der Waals surface area contributed by atoms with Gasteiger partial charge in [-0.05, 0) is 37.2 Å². The van der Waals surface area contributed by atoms with Crippen LogP contribution in [0.4, 0.5) is 0 Å². The molecule has 1 spiro atoms. The Bertz CT molecular complexity index is 951. The van der Waals surface area contributed by atoms with E-state index in [0.29, 0.717) is 25.0 Å². The Balaban J connectivity index is 1.59. The van der Waals surface area contributed by atoms with E-state index in [1.807, 2.05) is 6.92 Å². The topological polar surface area (TPSA) is 125 Å². The van der Waals surface area contributed by atoms with Crippen molar-refractivity contribution in [1.29, 1.82) is 0 Å². The maximum atomic E-state index is 13.7. The summed E-state index contributed by atoms with van der Waals surface area (Å²) in [5, 5.41) is 11.3. The molecule has 8 unspecified atom stereocenters. The maximum Gasteiger partial charge on any atom is 0.303 e. The number of furan rings is 1. The van der Waals surface area contributed by atoms with Crippen molar-refractivity contribution in [3.05, 3.63) is 24.2 Å². The number of rotatable bonds is 5. The average Bonchev–Trinajstić information content (AvgIpc) is 3.34.